The molecule has 3 aromatic rings. The molecular weight excluding hydrogens is 443 g/mol. The summed E-state index contributed by atoms with van der Waals surface area (Å²) < 4.78 is 50.6. The number of rotatable bonds is 8. The van der Waals surface area contributed by atoms with Crippen LogP contribution in [0.15, 0.2) is 66.7 Å². The van der Waals surface area contributed by atoms with Crippen molar-refractivity contribution in [3.63, 3.8) is 0 Å². The van der Waals surface area contributed by atoms with E-state index >= 15 is 0 Å². The average Bonchev–Trinajstić information content (AvgIpc) is 2.76. The molecule has 1 N–H and O–H groups in total. The molecular formula is C24H21ClF3NO3. The van der Waals surface area contributed by atoms with Crippen molar-refractivity contribution in [3.8, 4) is 5.75 Å². The van der Waals surface area contributed by atoms with Gasteiger partial charge in [0, 0.05) is 16.8 Å². The molecule has 0 aliphatic rings. The van der Waals surface area contributed by atoms with E-state index in [2.05, 4.69) is 5.32 Å². The first-order valence-corrected chi connectivity index (χ1v) is 10.2. The molecule has 0 aliphatic heterocycles. The van der Waals surface area contributed by atoms with Crippen molar-refractivity contribution >= 4 is 23.2 Å². The monoisotopic (exact) mass is 463 g/mol. The highest BCUT2D eigenvalue weighted by atomic mass is 35.5. The zero-order valence-electron chi connectivity index (χ0n) is 17.2. The van der Waals surface area contributed by atoms with Gasteiger partial charge in [0.1, 0.15) is 5.75 Å². The molecule has 0 unspecified atom stereocenters. The predicted molar refractivity (Wildman–Crippen MR) is 117 cm³/mol. The summed E-state index contributed by atoms with van der Waals surface area (Å²) in [7, 11) is 0. The molecule has 0 spiro atoms. The van der Waals surface area contributed by atoms with Gasteiger partial charge in [-0.1, -0.05) is 41.9 Å². The Labute approximate surface area is 188 Å². The number of benzene rings is 3. The van der Waals surface area contributed by atoms with Crippen molar-refractivity contribution in [2.45, 2.75) is 26.3 Å². The summed E-state index contributed by atoms with van der Waals surface area (Å²) in [5.41, 5.74) is 0.890. The van der Waals surface area contributed by atoms with Crippen molar-refractivity contribution in [2.75, 3.05) is 11.9 Å². The first-order chi connectivity index (χ1) is 15.3. The van der Waals surface area contributed by atoms with Crippen LogP contribution >= 0.6 is 11.6 Å². The molecule has 4 nitrogen and oxygen atoms in total. The first-order valence-electron chi connectivity index (χ1n) is 9.83. The highest BCUT2D eigenvalue weighted by Gasteiger charge is 2.33. The number of anilines is 1. The van der Waals surface area contributed by atoms with Crippen LogP contribution in [0, 0.1) is 0 Å². The molecule has 0 aliphatic carbocycles. The van der Waals surface area contributed by atoms with Crippen LogP contribution in [0.3, 0.4) is 0 Å². The second kappa shape index (κ2) is 10.5. The summed E-state index contributed by atoms with van der Waals surface area (Å²) in [5, 5.41) is 2.04. The van der Waals surface area contributed by atoms with Gasteiger partial charge < -0.3 is 14.8 Å². The van der Waals surface area contributed by atoms with Crippen molar-refractivity contribution in [2.24, 2.45) is 0 Å². The maximum Gasteiger partial charge on any atom is 0.417 e. The van der Waals surface area contributed by atoms with Crippen LogP contribution in [0.2, 0.25) is 5.02 Å². The molecule has 3 aromatic carbocycles. The SMILES string of the molecule is CCOc1ccc(C(=O)Nc2ccc(Cl)c(C(F)(F)F)c2)cc1COCc1ccccc1. The van der Waals surface area contributed by atoms with E-state index in [9.17, 15) is 18.0 Å². The third-order valence-electron chi connectivity index (χ3n) is 4.52. The zero-order chi connectivity index (χ0) is 23.1. The van der Waals surface area contributed by atoms with E-state index in [4.69, 9.17) is 21.1 Å². The number of carbonyl (C=O) groups excluding carboxylic acids is 1. The van der Waals surface area contributed by atoms with Crippen LogP contribution in [0.25, 0.3) is 0 Å². The van der Waals surface area contributed by atoms with Gasteiger partial charge in [-0.25, -0.2) is 0 Å². The summed E-state index contributed by atoms with van der Waals surface area (Å²) in [5.74, 6) is 0.00997. The lowest BCUT2D eigenvalue weighted by molar-refractivity contribution is -0.137. The molecule has 168 valence electrons. The van der Waals surface area contributed by atoms with E-state index in [1.54, 1.807) is 18.2 Å². The third-order valence-corrected chi connectivity index (χ3v) is 4.85. The van der Waals surface area contributed by atoms with E-state index in [1.165, 1.54) is 6.07 Å². The molecule has 3 rings (SSSR count). The van der Waals surface area contributed by atoms with Crippen molar-refractivity contribution in [1.29, 1.82) is 0 Å². The number of carbonyl (C=O) groups is 1. The Morgan fingerprint density at radius 2 is 1.75 bits per heavy atom. The van der Waals surface area contributed by atoms with Crippen LogP contribution in [0.1, 0.15) is 34.0 Å². The molecule has 0 saturated heterocycles. The van der Waals surface area contributed by atoms with E-state index in [1.807, 2.05) is 37.3 Å². The lowest BCUT2D eigenvalue weighted by atomic mass is 10.1. The Bertz CT molecular complexity index is 1070. The van der Waals surface area contributed by atoms with Gasteiger partial charge in [0.15, 0.2) is 0 Å². The lowest BCUT2D eigenvalue weighted by Crippen LogP contribution is -2.14. The Kier molecular flexibility index (Phi) is 7.77. The average molecular weight is 464 g/mol. The number of halogens is 4. The fourth-order valence-corrected chi connectivity index (χ4v) is 3.23. The fourth-order valence-electron chi connectivity index (χ4n) is 3.01. The number of nitrogens with one attached hydrogen (secondary N) is 1. The summed E-state index contributed by atoms with van der Waals surface area (Å²) in [6.45, 7) is 2.86. The summed E-state index contributed by atoms with van der Waals surface area (Å²) >= 11 is 5.63. The van der Waals surface area contributed by atoms with Gasteiger partial charge in [-0.15, -0.1) is 0 Å². The molecule has 0 atom stereocenters. The van der Waals surface area contributed by atoms with E-state index in [-0.39, 0.29) is 17.9 Å². The van der Waals surface area contributed by atoms with Gasteiger partial charge >= 0.3 is 6.18 Å². The Hall–Kier alpha value is -3.03. The van der Waals surface area contributed by atoms with Gasteiger partial charge in [-0.3, -0.25) is 4.79 Å². The van der Waals surface area contributed by atoms with Crippen LogP contribution in [0.5, 0.6) is 5.75 Å². The molecule has 1 amide bonds. The number of alkyl halides is 3. The minimum absolute atomic E-state index is 0.0116. The van der Waals surface area contributed by atoms with Gasteiger partial charge in [-0.2, -0.15) is 13.2 Å². The maximum absolute atomic E-state index is 13.1. The highest BCUT2D eigenvalue weighted by Crippen LogP contribution is 2.36. The van der Waals surface area contributed by atoms with Gasteiger partial charge in [0.05, 0.1) is 30.4 Å². The van der Waals surface area contributed by atoms with Gasteiger partial charge in [0.25, 0.3) is 5.91 Å². The minimum Gasteiger partial charge on any atom is -0.494 e. The minimum atomic E-state index is -4.62. The largest absolute Gasteiger partial charge is 0.494 e. The van der Waals surface area contributed by atoms with Crippen LogP contribution in [-0.4, -0.2) is 12.5 Å². The summed E-state index contributed by atoms with van der Waals surface area (Å²) in [4.78, 5) is 12.7. The molecule has 0 heterocycles. The van der Waals surface area contributed by atoms with Gasteiger partial charge in [0.2, 0.25) is 0 Å². The van der Waals surface area contributed by atoms with Crippen LogP contribution in [0.4, 0.5) is 18.9 Å². The molecule has 0 radical (unpaired) electrons. The normalized spacial score (nSPS) is 11.3. The van der Waals surface area contributed by atoms with Crippen molar-refractivity contribution in [3.05, 3.63) is 94.0 Å². The summed E-state index contributed by atoms with van der Waals surface area (Å²) in [6, 6.07) is 17.6. The Morgan fingerprint density at radius 3 is 2.44 bits per heavy atom. The van der Waals surface area contributed by atoms with Crippen molar-refractivity contribution in [1.82, 2.24) is 0 Å². The molecule has 8 heteroatoms. The fraction of sp³-hybridized carbons (Fsp3) is 0.208. The predicted octanol–water partition coefficient (Wildman–Crippen LogP) is 6.73. The number of hydrogen-bond donors (Lipinski definition) is 1. The second-order valence-corrected chi connectivity index (χ2v) is 7.29. The number of ether oxygens (including phenoxy) is 2. The van der Waals surface area contributed by atoms with Gasteiger partial charge in [-0.05, 0) is 48.9 Å². The van der Waals surface area contributed by atoms with Crippen LogP contribution in [-0.2, 0) is 24.1 Å². The zero-order valence-corrected chi connectivity index (χ0v) is 18.0. The first kappa shape index (κ1) is 23.6. The van der Waals surface area contributed by atoms with E-state index in [0.717, 1.165) is 17.7 Å². The standard InChI is InChI=1S/C24H21ClF3NO3/c1-2-32-22-11-8-17(12-18(22)15-31-14-16-6-4-3-5-7-16)23(30)29-19-9-10-21(25)20(13-19)24(26,27)28/h3-13H,2,14-15H2,1H3,(H,29,30). The quantitative estimate of drug-likeness (QED) is 0.403. The summed E-state index contributed by atoms with van der Waals surface area (Å²) in [6.07, 6.45) is -4.62. The number of hydrogen-bond acceptors (Lipinski definition) is 3. The van der Waals surface area contributed by atoms with E-state index < -0.39 is 22.7 Å². The molecule has 0 saturated carbocycles. The highest BCUT2D eigenvalue weighted by molar-refractivity contribution is 6.31. The molecule has 32 heavy (non-hydrogen) atoms. The van der Waals surface area contributed by atoms with E-state index in [0.29, 0.717) is 24.5 Å². The Morgan fingerprint density at radius 1 is 1.00 bits per heavy atom. The second-order valence-electron chi connectivity index (χ2n) is 6.88. The lowest BCUT2D eigenvalue weighted by Gasteiger charge is -2.14. The maximum atomic E-state index is 13.1. The Balaban J connectivity index is 1.75. The molecule has 0 aromatic heterocycles. The molecule has 0 bridgehead atoms. The third kappa shape index (κ3) is 6.24. The van der Waals surface area contributed by atoms with Crippen molar-refractivity contribution < 1.29 is 27.4 Å². The topological polar surface area (TPSA) is 47.6 Å². The molecule has 0 fully saturated rings. The van der Waals surface area contributed by atoms with Crippen LogP contribution < -0.4 is 10.1 Å². The smallest absolute Gasteiger partial charge is 0.417 e. The number of amides is 1.